The molecule has 100 valence electrons. The average Bonchev–Trinajstić information content (AvgIpc) is 2.36. The molecule has 1 aliphatic carbocycles. The zero-order chi connectivity index (χ0) is 13.1. The fourth-order valence-electron chi connectivity index (χ4n) is 2.96. The monoisotopic (exact) mass is 245 g/mol. The summed E-state index contributed by atoms with van der Waals surface area (Å²) in [6.07, 6.45) is 4.08. The fourth-order valence-corrected chi connectivity index (χ4v) is 2.96. The normalized spacial score (nSPS) is 28.4. The number of anilines is 1. The van der Waals surface area contributed by atoms with Crippen molar-refractivity contribution in [2.75, 3.05) is 5.32 Å². The van der Waals surface area contributed by atoms with Crippen LogP contribution in [0, 0.1) is 11.8 Å². The van der Waals surface area contributed by atoms with E-state index in [9.17, 15) is 0 Å². The Balaban J connectivity index is 2.00. The van der Waals surface area contributed by atoms with Crippen molar-refractivity contribution in [2.24, 2.45) is 11.8 Å². The summed E-state index contributed by atoms with van der Waals surface area (Å²) < 4.78 is 0. The van der Waals surface area contributed by atoms with Gasteiger partial charge in [0.15, 0.2) is 0 Å². The summed E-state index contributed by atoms with van der Waals surface area (Å²) in [7, 11) is 0. The predicted molar refractivity (Wildman–Crippen MR) is 80.1 cm³/mol. The second kappa shape index (κ2) is 5.77. The zero-order valence-corrected chi connectivity index (χ0v) is 12.2. The first-order valence-electron chi connectivity index (χ1n) is 7.44. The predicted octanol–water partition coefficient (Wildman–Crippen LogP) is 5.05. The van der Waals surface area contributed by atoms with Crippen LogP contribution in [0.15, 0.2) is 24.3 Å². The van der Waals surface area contributed by atoms with Gasteiger partial charge in [0.25, 0.3) is 0 Å². The van der Waals surface area contributed by atoms with E-state index in [0.717, 1.165) is 11.8 Å². The summed E-state index contributed by atoms with van der Waals surface area (Å²) in [6, 6.07) is 9.63. The molecule has 3 unspecified atom stereocenters. The minimum absolute atomic E-state index is 0.618. The molecule has 3 atom stereocenters. The first-order valence-corrected chi connectivity index (χ1v) is 7.44. The summed E-state index contributed by atoms with van der Waals surface area (Å²) in [4.78, 5) is 0. The van der Waals surface area contributed by atoms with E-state index in [-0.39, 0.29) is 0 Å². The van der Waals surface area contributed by atoms with Gasteiger partial charge < -0.3 is 5.32 Å². The zero-order valence-electron chi connectivity index (χ0n) is 12.2. The highest BCUT2D eigenvalue weighted by Crippen LogP contribution is 2.31. The van der Waals surface area contributed by atoms with Crippen LogP contribution in [0.4, 0.5) is 5.69 Å². The van der Waals surface area contributed by atoms with Crippen molar-refractivity contribution in [3.8, 4) is 0 Å². The van der Waals surface area contributed by atoms with Gasteiger partial charge >= 0.3 is 0 Å². The standard InChI is InChI=1S/C17H27N/c1-12(2)15-8-10-16(11-9-15)18-17-7-5-6-13(3)14(17)4/h8-14,17-18H,5-7H2,1-4H3. The van der Waals surface area contributed by atoms with Crippen LogP contribution in [0.3, 0.4) is 0 Å². The molecule has 0 aromatic heterocycles. The Bertz CT molecular complexity index is 366. The maximum absolute atomic E-state index is 3.73. The Hall–Kier alpha value is -0.980. The van der Waals surface area contributed by atoms with Crippen molar-refractivity contribution in [3.63, 3.8) is 0 Å². The molecule has 0 saturated heterocycles. The van der Waals surface area contributed by atoms with Gasteiger partial charge in [-0.2, -0.15) is 0 Å². The van der Waals surface area contributed by atoms with Crippen molar-refractivity contribution in [2.45, 2.75) is 58.9 Å². The number of benzene rings is 1. The van der Waals surface area contributed by atoms with Crippen molar-refractivity contribution in [1.82, 2.24) is 0 Å². The summed E-state index contributed by atoms with van der Waals surface area (Å²) in [5.74, 6) is 2.25. The molecule has 1 aromatic rings. The molecule has 1 aromatic carbocycles. The van der Waals surface area contributed by atoms with Crippen molar-refractivity contribution in [1.29, 1.82) is 0 Å². The number of hydrogen-bond donors (Lipinski definition) is 1. The van der Waals surface area contributed by atoms with Crippen LogP contribution in [-0.4, -0.2) is 6.04 Å². The lowest BCUT2D eigenvalue weighted by Gasteiger charge is -2.35. The second-order valence-electron chi connectivity index (χ2n) is 6.29. The van der Waals surface area contributed by atoms with Crippen LogP contribution < -0.4 is 5.32 Å². The summed E-state index contributed by atoms with van der Waals surface area (Å²) >= 11 is 0. The van der Waals surface area contributed by atoms with Gasteiger partial charge in [0.2, 0.25) is 0 Å². The molecule has 1 N–H and O–H groups in total. The third kappa shape index (κ3) is 3.07. The van der Waals surface area contributed by atoms with E-state index in [1.54, 1.807) is 0 Å². The van der Waals surface area contributed by atoms with Crippen LogP contribution >= 0.6 is 0 Å². The summed E-state index contributed by atoms with van der Waals surface area (Å²) in [5.41, 5.74) is 2.70. The Morgan fingerprint density at radius 3 is 2.33 bits per heavy atom. The Morgan fingerprint density at radius 1 is 1.06 bits per heavy atom. The Morgan fingerprint density at radius 2 is 1.72 bits per heavy atom. The van der Waals surface area contributed by atoms with Crippen LogP contribution in [-0.2, 0) is 0 Å². The van der Waals surface area contributed by atoms with E-state index >= 15 is 0 Å². The van der Waals surface area contributed by atoms with Crippen LogP contribution in [0.25, 0.3) is 0 Å². The van der Waals surface area contributed by atoms with E-state index in [2.05, 4.69) is 57.3 Å². The van der Waals surface area contributed by atoms with Crippen LogP contribution in [0.1, 0.15) is 58.4 Å². The lowest BCUT2D eigenvalue weighted by Crippen LogP contribution is -2.34. The fraction of sp³-hybridized carbons (Fsp3) is 0.647. The van der Waals surface area contributed by atoms with Crippen LogP contribution in [0.5, 0.6) is 0 Å². The largest absolute Gasteiger partial charge is 0.382 e. The number of hydrogen-bond acceptors (Lipinski definition) is 1. The third-order valence-corrected chi connectivity index (χ3v) is 4.64. The molecule has 1 nitrogen and oxygen atoms in total. The highest BCUT2D eigenvalue weighted by molar-refractivity contribution is 5.46. The van der Waals surface area contributed by atoms with Crippen molar-refractivity contribution < 1.29 is 0 Å². The topological polar surface area (TPSA) is 12.0 Å². The Labute approximate surface area is 112 Å². The lowest BCUT2D eigenvalue weighted by atomic mass is 9.78. The van der Waals surface area contributed by atoms with E-state index < -0.39 is 0 Å². The molecular weight excluding hydrogens is 218 g/mol. The molecule has 1 heteroatoms. The molecule has 0 radical (unpaired) electrons. The molecule has 1 aliphatic rings. The number of rotatable bonds is 3. The molecule has 2 rings (SSSR count). The van der Waals surface area contributed by atoms with E-state index in [4.69, 9.17) is 0 Å². The summed E-state index contributed by atoms with van der Waals surface area (Å²) in [6.45, 7) is 9.27. The van der Waals surface area contributed by atoms with Gasteiger partial charge in [0.1, 0.15) is 0 Å². The molecule has 1 fully saturated rings. The minimum Gasteiger partial charge on any atom is -0.382 e. The first-order chi connectivity index (χ1) is 8.58. The molecule has 0 aliphatic heterocycles. The first kappa shape index (κ1) is 13.5. The minimum atomic E-state index is 0.618. The highest BCUT2D eigenvalue weighted by atomic mass is 14.9. The smallest absolute Gasteiger partial charge is 0.0342 e. The second-order valence-corrected chi connectivity index (χ2v) is 6.29. The van der Waals surface area contributed by atoms with Gasteiger partial charge in [0.05, 0.1) is 0 Å². The molecular formula is C17H27N. The quantitative estimate of drug-likeness (QED) is 0.786. The number of nitrogens with one attached hydrogen (secondary N) is 1. The SMILES string of the molecule is CC(C)c1ccc(NC2CCCC(C)C2C)cc1. The van der Waals surface area contributed by atoms with Gasteiger partial charge in [-0.05, 0) is 41.9 Å². The average molecular weight is 245 g/mol. The van der Waals surface area contributed by atoms with Gasteiger partial charge in [-0.15, -0.1) is 0 Å². The third-order valence-electron chi connectivity index (χ3n) is 4.64. The van der Waals surface area contributed by atoms with Gasteiger partial charge in [-0.25, -0.2) is 0 Å². The molecule has 0 bridgehead atoms. The van der Waals surface area contributed by atoms with Crippen LogP contribution in [0.2, 0.25) is 0 Å². The van der Waals surface area contributed by atoms with Gasteiger partial charge in [0, 0.05) is 11.7 Å². The molecule has 0 heterocycles. The van der Waals surface area contributed by atoms with Gasteiger partial charge in [-0.1, -0.05) is 52.7 Å². The molecule has 0 spiro atoms. The molecule has 18 heavy (non-hydrogen) atoms. The maximum atomic E-state index is 3.73. The molecule has 0 amide bonds. The van der Waals surface area contributed by atoms with E-state index in [0.29, 0.717) is 12.0 Å². The van der Waals surface area contributed by atoms with Crippen molar-refractivity contribution >= 4 is 5.69 Å². The maximum Gasteiger partial charge on any atom is 0.0342 e. The van der Waals surface area contributed by atoms with E-state index in [1.807, 2.05) is 0 Å². The van der Waals surface area contributed by atoms with Gasteiger partial charge in [-0.3, -0.25) is 0 Å². The van der Waals surface area contributed by atoms with Crippen molar-refractivity contribution in [3.05, 3.63) is 29.8 Å². The summed E-state index contributed by atoms with van der Waals surface area (Å²) in [5, 5.41) is 3.73. The Kier molecular flexibility index (Phi) is 4.31. The molecule has 1 saturated carbocycles. The van der Waals surface area contributed by atoms with E-state index in [1.165, 1.54) is 30.5 Å². The highest BCUT2D eigenvalue weighted by Gasteiger charge is 2.26. The lowest BCUT2D eigenvalue weighted by molar-refractivity contribution is 0.253.